The molecule has 0 fully saturated rings. The fourth-order valence-corrected chi connectivity index (χ4v) is 20.9. The number of nitrogens with zero attached hydrogens (tertiary/aromatic N) is 4. The van der Waals surface area contributed by atoms with Gasteiger partial charge < -0.3 is 18.9 Å². The van der Waals surface area contributed by atoms with E-state index >= 15 is 0 Å². The number of benzene rings is 24. The summed E-state index contributed by atoms with van der Waals surface area (Å²) < 4.78 is 4.86. The van der Waals surface area contributed by atoms with Gasteiger partial charge in [0.05, 0.1) is 22.1 Å². The first kappa shape index (κ1) is 80.1. The summed E-state index contributed by atoms with van der Waals surface area (Å²) >= 11 is 0. The van der Waals surface area contributed by atoms with Crippen LogP contribution in [0.4, 0.5) is 34.1 Å². The minimum absolute atomic E-state index is 1.10. The van der Waals surface area contributed by atoms with Crippen molar-refractivity contribution in [3.63, 3.8) is 0 Å². The Morgan fingerprint density at radius 2 is 0.257 bits per heavy atom. The summed E-state index contributed by atoms with van der Waals surface area (Å²) in [5, 5.41) is 20.4. The highest BCUT2D eigenvalue weighted by molar-refractivity contribution is 6.27. The third-order valence-electron chi connectivity index (χ3n) is 27.6. The van der Waals surface area contributed by atoms with Gasteiger partial charge in [0.25, 0.3) is 0 Å². The van der Waals surface area contributed by atoms with Crippen molar-refractivity contribution in [1.82, 2.24) is 9.13 Å². The molecule has 636 valence electrons. The summed E-state index contributed by atoms with van der Waals surface area (Å²) in [6.45, 7) is 0. The smallest absolute Gasteiger partial charge is 0.0541 e. The summed E-state index contributed by atoms with van der Waals surface area (Å²) in [6, 6.07) is 195. The second-order valence-electron chi connectivity index (χ2n) is 35.4. The lowest BCUT2D eigenvalue weighted by Crippen LogP contribution is -2.09. The highest BCUT2D eigenvalue weighted by Crippen LogP contribution is 2.47. The molecule has 136 heavy (non-hydrogen) atoms. The van der Waals surface area contributed by atoms with Gasteiger partial charge in [0.2, 0.25) is 0 Å². The van der Waals surface area contributed by atoms with Crippen molar-refractivity contribution in [1.29, 1.82) is 0 Å². The van der Waals surface area contributed by atoms with Crippen LogP contribution in [0, 0.1) is 0 Å². The van der Waals surface area contributed by atoms with Crippen molar-refractivity contribution in [2.75, 3.05) is 9.80 Å². The van der Waals surface area contributed by atoms with Crippen LogP contribution >= 0.6 is 0 Å². The van der Waals surface area contributed by atoms with Gasteiger partial charge in [-0.2, -0.15) is 0 Å². The van der Waals surface area contributed by atoms with Crippen LogP contribution in [0.25, 0.3) is 209 Å². The fraction of sp³-hybridized carbons (Fsp3) is 0. The summed E-state index contributed by atoms with van der Waals surface area (Å²) in [4.78, 5) is 4.64. The first-order chi connectivity index (χ1) is 67.4. The Balaban J connectivity index is 0.000000145. The number of rotatable bonds is 16. The number of anilines is 6. The van der Waals surface area contributed by atoms with Crippen LogP contribution in [0.5, 0.6) is 0 Å². The van der Waals surface area contributed by atoms with Crippen LogP contribution in [-0.4, -0.2) is 9.13 Å². The van der Waals surface area contributed by atoms with E-state index in [1.165, 1.54) is 197 Å². The van der Waals surface area contributed by atoms with E-state index in [0.717, 1.165) is 45.5 Å². The first-order valence-corrected chi connectivity index (χ1v) is 46.8. The maximum absolute atomic E-state index is 2.43. The van der Waals surface area contributed by atoms with Gasteiger partial charge >= 0.3 is 0 Å². The number of aromatic nitrogens is 2. The Bertz CT molecular complexity index is 8880. The zero-order chi connectivity index (χ0) is 89.9. The molecule has 0 bridgehead atoms. The van der Waals surface area contributed by atoms with Crippen LogP contribution in [-0.2, 0) is 0 Å². The molecule has 2 heterocycles. The van der Waals surface area contributed by atoms with Crippen molar-refractivity contribution in [3.05, 3.63) is 534 Å². The average molecular weight is 1730 g/mol. The molecule has 4 heteroatoms. The molecule has 0 amide bonds. The molecule has 0 saturated heterocycles. The zero-order valence-electron chi connectivity index (χ0n) is 74.6. The first-order valence-electron chi connectivity index (χ1n) is 46.8. The molecule has 0 atom stereocenters. The monoisotopic (exact) mass is 1730 g/mol. The van der Waals surface area contributed by atoms with E-state index in [-0.39, 0.29) is 0 Å². The van der Waals surface area contributed by atoms with E-state index in [4.69, 9.17) is 0 Å². The van der Waals surface area contributed by atoms with Crippen LogP contribution in [0.2, 0.25) is 0 Å². The van der Waals surface area contributed by atoms with Crippen LogP contribution < -0.4 is 9.80 Å². The highest BCUT2D eigenvalue weighted by Gasteiger charge is 2.23. The molecule has 0 N–H and O–H groups in total. The molecule has 24 aromatic carbocycles. The third kappa shape index (κ3) is 14.6. The van der Waals surface area contributed by atoms with E-state index in [1.54, 1.807) is 0 Å². The van der Waals surface area contributed by atoms with Gasteiger partial charge in [0, 0.05) is 67.0 Å². The Morgan fingerprint density at radius 3 is 0.507 bits per heavy atom. The lowest BCUT2D eigenvalue weighted by Gasteiger charge is -2.26. The summed E-state index contributed by atoms with van der Waals surface area (Å²) in [5.41, 5.74) is 32.8. The van der Waals surface area contributed by atoms with E-state index in [1.807, 2.05) is 0 Å². The molecule has 26 rings (SSSR count). The third-order valence-corrected chi connectivity index (χ3v) is 27.6. The normalized spacial score (nSPS) is 11.5. The number of para-hydroxylation sites is 3. The van der Waals surface area contributed by atoms with E-state index in [2.05, 4.69) is 553 Å². The molecule has 0 unspecified atom stereocenters. The Hall–Kier alpha value is -18.0. The Labute approximate surface area is 789 Å². The molecule has 0 saturated carbocycles. The second kappa shape index (κ2) is 34.4. The summed E-state index contributed by atoms with van der Waals surface area (Å²) in [5.74, 6) is 0. The number of hydrogen-bond donors (Lipinski definition) is 0. The Kier molecular flexibility index (Phi) is 20.3. The quantitative estimate of drug-likeness (QED) is 0.0897. The predicted molar refractivity (Wildman–Crippen MR) is 579 cm³/mol. The molecule has 0 aliphatic rings. The number of hydrogen-bond acceptors (Lipinski definition) is 2. The molecule has 0 aliphatic heterocycles. The minimum atomic E-state index is 1.10. The molecule has 26 aromatic rings. The maximum atomic E-state index is 2.43. The highest BCUT2D eigenvalue weighted by atomic mass is 15.1. The van der Waals surface area contributed by atoms with Crippen molar-refractivity contribution in [3.8, 4) is 100 Å². The molecule has 0 radical (unpaired) electrons. The van der Waals surface area contributed by atoms with Gasteiger partial charge in [-0.15, -0.1) is 0 Å². The topological polar surface area (TPSA) is 16.3 Å². The van der Waals surface area contributed by atoms with E-state index in [9.17, 15) is 0 Å². The fourth-order valence-electron chi connectivity index (χ4n) is 20.9. The zero-order valence-corrected chi connectivity index (χ0v) is 74.6. The van der Waals surface area contributed by atoms with Gasteiger partial charge in [0.15, 0.2) is 0 Å². The van der Waals surface area contributed by atoms with Gasteiger partial charge in [0.1, 0.15) is 0 Å². The molecule has 0 aliphatic carbocycles. The van der Waals surface area contributed by atoms with Gasteiger partial charge in [-0.3, -0.25) is 0 Å². The van der Waals surface area contributed by atoms with E-state index < -0.39 is 0 Å². The van der Waals surface area contributed by atoms with Gasteiger partial charge in [-0.05, 0) is 311 Å². The molecule has 4 nitrogen and oxygen atoms in total. The predicted octanol–water partition coefficient (Wildman–Crippen LogP) is 36.8. The van der Waals surface area contributed by atoms with Crippen LogP contribution in [0.1, 0.15) is 0 Å². The SMILES string of the molecule is c1ccc(-c2ccc(-c3ccc4c(c3)c3cc(-c5ccc(N(c6ccccc6)c6ccccc6)cc5)ccc3n4-c3ccc(-c4ccc5c6ccccc6c6ccccc6c5c4)cc3)cc2)cc1.c1ccc(-c2ccc(N(c3ccccc3)c3ccc(-c4ccc5c(c4)c4cc(-c6ccccc6)ccc4n5-c4ccc(-c5ccc6c7ccccc7c7ccccc7c6c5)cc4)cc3)cc2)cc1. The second-order valence-corrected chi connectivity index (χ2v) is 35.4. The largest absolute Gasteiger partial charge is 0.311 e. The minimum Gasteiger partial charge on any atom is -0.311 e. The lowest BCUT2D eigenvalue weighted by molar-refractivity contribution is 1.18. The standard InChI is InChI=1S/2C66H44N2/c1-4-14-45(15-5-1)47-24-33-54(34-25-47)67(53-18-8-3-9-19-53)55-35-26-49(27-36-55)52-32-41-66-64(44-52)63-43-51(46-16-6-2-7-17-46)31-40-65(63)68(66)56-37-28-48(29-38-56)50-30-39-61-59-22-11-10-20-57(59)58-21-12-13-23-60(58)62(61)42-50;1-4-14-45(15-5-1)46-24-26-47(27-25-46)51-33-40-65-63(43-51)64-44-52(49-28-35-55(36-29-49)67(53-16-6-2-7-17-53)54-18-8-3-9-19-54)34-41-66(64)68(65)56-37-30-48(31-38-56)50-32-39-61-59-22-11-10-20-57(59)58-21-12-13-23-60(58)62(61)42-50/h2*1-44H. The summed E-state index contributed by atoms with van der Waals surface area (Å²) in [7, 11) is 0. The van der Waals surface area contributed by atoms with Crippen molar-refractivity contribution >= 4 is 142 Å². The van der Waals surface area contributed by atoms with Crippen molar-refractivity contribution in [2.45, 2.75) is 0 Å². The maximum Gasteiger partial charge on any atom is 0.0541 e. The Morgan fingerprint density at radius 1 is 0.103 bits per heavy atom. The molecule has 0 spiro atoms. The molecular weight excluding hydrogens is 1640 g/mol. The van der Waals surface area contributed by atoms with E-state index in [0.29, 0.717) is 0 Å². The van der Waals surface area contributed by atoms with Gasteiger partial charge in [-0.1, -0.05) is 376 Å². The molecular formula is C132H88N4. The van der Waals surface area contributed by atoms with Crippen LogP contribution in [0.15, 0.2) is 534 Å². The average Bonchev–Trinajstić information content (AvgIpc) is 1.60. The molecule has 2 aromatic heterocycles. The lowest BCUT2D eigenvalue weighted by atomic mass is 9.92. The number of fused-ring (bicyclic) bond motifs is 18. The van der Waals surface area contributed by atoms with Gasteiger partial charge in [-0.25, -0.2) is 0 Å². The van der Waals surface area contributed by atoms with Crippen molar-refractivity contribution in [2.24, 2.45) is 0 Å². The van der Waals surface area contributed by atoms with Crippen LogP contribution in [0.3, 0.4) is 0 Å². The van der Waals surface area contributed by atoms with Crippen molar-refractivity contribution < 1.29 is 0 Å². The summed E-state index contributed by atoms with van der Waals surface area (Å²) in [6.07, 6.45) is 0.